The lowest BCUT2D eigenvalue weighted by molar-refractivity contribution is -0.133. The molecule has 1 aliphatic heterocycles. The summed E-state index contributed by atoms with van der Waals surface area (Å²) in [4.78, 5) is 24.4. The Morgan fingerprint density at radius 1 is 1.50 bits per heavy atom. The van der Waals surface area contributed by atoms with E-state index < -0.39 is 15.3 Å². The zero-order valence-corrected chi connectivity index (χ0v) is 11.6. The fourth-order valence-electron chi connectivity index (χ4n) is 1.74. The molecule has 1 heterocycles. The highest BCUT2D eigenvalue weighted by molar-refractivity contribution is 7.89. The number of amides is 2. The van der Waals surface area contributed by atoms with Gasteiger partial charge in [0.15, 0.2) is 0 Å². The molecule has 1 fully saturated rings. The molecule has 1 rings (SSSR count). The molecule has 104 valence electrons. The molecule has 0 aromatic heterocycles. The fourth-order valence-corrected chi connectivity index (χ4v) is 2.50. The number of primary sulfonamides is 1. The number of nitrogens with one attached hydrogen (secondary N) is 1. The summed E-state index contributed by atoms with van der Waals surface area (Å²) in [6.07, 6.45) is -0.151. The van der Waals surface area contributed by atoms with Crippen molar-refractivity contribution < 1.29 is 18.0 Å². The van der Waals surface area contributed by atoms with Crippen LogP contribution in [0.1, 0.15) is 27.2 Å². The van der Waals surface area contributed by atoms with Crippen LogP contribution in [-0.4, -0.2) is 49.0 Å². The van der Waals surface area contributed by atoms with Gasteiger partial charge >= 0.3 is 0 Å². The summed E-state index contributed by atoms with van der Waals surface area (Å²) in [6.45, 7) is 5.31. The maximum atomic E-state index is 11.6. The zero-order valence-electron chi connectivity index (χ0n) is 10.8. The van der Waals surface area contributed by atoms with Crippen LogP contribution in [0.3, 0.4) is 0 Å². The summed E-state index contributed by atoms with van der Waals surface area (Å²) < 4.78 is 22.3. The molecule has 1 saturated heterocycles. The first-order valence-electron chi connectivity index (χ1n) is 5.59. The van der Waals surface area contributed by atoms with Crippen molar-refractivity contribution >= 4 is 21.8 Å². The summed E-state index contributed by atoms with van der Waals surface area (Å²) in [5.74, 6) is -0.677. The lowest BCUT2D eigenvalue weighted by Gasteiger charge is -2.23. The van der Waals surface area contributed by atoms with E-state index in [1.165, 1.54) is 4.90 Å². The van der Waals surface area contributed by atoms with Crippen molar-refractivity contribution in [2.75, 3.05) is 13.1 Å². The van der Waals surface area contributed by atoms with E-state index in [0.29, 0.717) is 0 Å². The van der Waals surface area contributed by atoms with Crippen LogP contribution in [-0.2, 0) is 19.6 Å². The van der Waals surface area contributed by atoms with Gasteiger partial charge in [-0.15, -0.1) is 0 Å². The average Bonchev–Trinajstić information content (AvgIpc) is 2.43. The topological polar surface area (TPSA) is 110 Å². The van der Waals surface area contributed by atoms with Crippen molar-refractivity contribution in [1.82, 2.24) is 10.2 Å². The molecule has 0 radical (unpaired) electrons. The smallest absolute Gasteiger partial charge is 0.240 e. The van der Waals surface area contributed by atoms with Crippen LogP contribution in [0, 0.1) is 0 Å². The van der Waals surface area contributed by atoms with E-state index in [1.54, 1.807) is 0 Å². The normalized spacial score (nSPS) is 21.2. The number of carbonyl (C=O) groups excluding carboxylic acids is 2. The minimum absolute atomic E-state index is 0.0186. The van der Waals surface area contributed by atoms with E-state index in [1.807, 2.05) is 20.8 Å². The third kappa shape index (κ3) is 4.26. The third-order valence-corrected chi connectivity index (χ3v) is 3.74. The van der Waals surface area contributed by atoms with E-state index in [4.69, 9.17) is 5.14 Å². The van der Waals surface area contributed by atoms with Gasteiger partial charge in [-0.3, -0.25) is 9.59 Å². The molecule has 0 saturated carbocycles. The molecule has 0 bridgehead atoms. The van der Waals surface area contributed by atoms with Crippen molar-refractivity contribution in [1.29, 1.82) is 0 Å². The van der Waals surface area contributed by atoms with Gasteiger partial charge < -0.3 is 10.2 Å². The molecule has 0 aliphatic carbocycles. The molecule has 1 unspecified atom stereocenters. The van der Waals surface area contributed by atoms with Gasteiger partial charge in [-0.25, -0.2) is 13.6 Å². The van der Waals surface area contributed by atoms with Crippen molar-refractivity contribution in [2.45, 2.75) is 38.0 Å². The molecule has 7 nitrogen and oxygen atoms in total. The van der Waals surface area contributed by atoms with Crippen molar-refractivity contribution in [3.05, 3.63) is 0 Å². The van der Waals surface area contributed by atoms with E-state index >= 15 is 0 Å². The minimum Gasteiger partial charge on any atom is -0.350 e. The van der Waals surface area contributed by atoms with Crippen LogP contribution >= 0.6 is 0 Å². The van der Waals surface area contributed by atoms with Crippen LogP contribution in [0.4, 0.5) is 0 Å². The molecule has 0 aromatic rings. The van der Waals surface area contributed by atoms with Crippen LogP contribution < -0.4 is 10.5 Å². The van der Waals surface area contributed by atoms with Gasteiger partial charge in [-0.2, -0.15) is 0 Å². The van der Waals surface area contributed by atoms with Crippen LogP contribution in [0.25, 0.3) is 0 Å². The summed E-state index contributed by atoms with van der Waals surface area (Å²) in [5.41, 5.74) is -0.390. The third-order valence-electron chi connectivity index (χ3n) is 2.49. The number of nitrogens with two attached hydrogens (primary N) is 1. The lowest BCUT2D eigenvalue weighted by Crippen LogP contribution is -2.46. The zero-order chi connectivity index (χ0) is 14.1. The Labute approximate surface area is 107 Å². The van der Waals surface area contributed by atoms with Gasteiger partial charge in [-0.05, 0) is 20.8 Å². The van der Waals surface area contributed by atoms with E-state index in [9.17, 15) is 18.0 Å². The predicted octanol–water partition coefficient (Wildman–Crippen LogP) is -1.21. The predicted molar refractivity (Wildman–Crippen MR) is 66.0 cm³/mol. The van der Waals surface area contributed by atoms with Crippen molar-refractivity contribution in [3.8, 4) is 0 Å². The van der Waals surface area contributed by atoms with Gasteiger partial charge in [-0.1, -0.05) is 0 Å². The van der Waals surface area contributed by atoms with Crippen LogP contribution in [0.15, 0.2) is 0 Å². The number of sulfonamides is 1. The average molecular weight is 277 g/mol. The molecule has 1 atom stereocenters. The van der Waals surface area contributed by atoms with Gasteiger partial charge in [0, 0.05) is 18.5 Å². The molecule has 0 spiro atoms. The van der Waals surface area contributed by atoms with Crippen molar-refractivity contribution in [2.24, 2.45) is 5.14 Å². The first-order chi connectivity index (χ1) is 7.99. The fraction of sp³-hybridized carbons (Fsp3) is 0.800. The maximum Gasteiger partial charge on any atom is 0.240 e. The number of hydrogen-bond donors (Lipinski definition) is 2. The summed E-state index contributed by atoms with van der Waals surface area (Å²) in [7, 11) is -3.73. The lowest BCUT2D eigenvalue weighted by atomic mass is 10.1. The van der Waals surface area contributed by atoms with E-state index in [-0.39, 0.29) is 36.9 Å². The second-order valence-electron chi connectivity index (χ2n) is 5.49. The first kappa shape index (κ1) is 14.9. The molecule has 2 amide bonds. The van der Waals surface area contributed by atoms with Crippen molar-refractivity contribution in [3.63, 3.8) is 0 Å². The Kier molecular flexibility index (Phi) is 4.02. The van der Waals surface area contributed by atoms with Gasteiger partial charge in [0.05, 0.1) is 6.54 Å². The maximum absolute atomic E-state index is 11.6. The number of rotatable bonds is 3. The van der Waals surface area contributed by atoms with Gasteiger partial charge in [0.2, 0.25) is 21.8 Å². The van der Waals surface area contributed by atoms with E-state index in [2.05, 4.69) is 5.32 Å². The Morgan fingerprint density at radius 2 is 2.06 bits per heavy atom. The highest BCUT2D eigenvalue weighted by atomic mass is 32.2. The standard InChI is InChI=1S/C10H19N3O4S/c1-10(2,3)12-8(14)6-13-5-7(4-9(13)15)18(11,16)17/h7H,4-6H2,1-3H3,(H,12,14)(H2,11,16,17). The summed E-state index contributed by atoms with van der Waals surface area (Å²) in [5, 5.41) is 6.79. The Balaban J connectivity index is 2.60. The first-order valence-corrected chi connectivity index (χ1v) is 7.20. The highest BCUT2D eigenvalue weighted by Gasteiger charge is 2.37. The van der Waals surface area contributed by atoms with E-state index in [0.717, 1.165) is 0 Å². The summed E-state index contributed by atoms with van der Waals surface area (Å²) >= 11 is 0. The molecule has 1 aliphatic rings. The number of nitrogens with zero attached hydrogens (tertiary/aromatic N) is 1. The monoisotopic (exact) mass is 277 g/mol. The van der Waals surface area contributed by atoms with Gasteiger partial charge in [0.1, 0.15) is 5.25 Å². The summed E-state index contributed by atoms with van der Waals surface area (Å²) in [6, 6.07) is 0. The molecule has 18 heavy (non-hydrogen) atoms. The minimum atomic E-state index is -3.73. The molecular formula is C10H19N3O4S. The molecule has 0 aromatic carbocycles. The quantitative estimate of drug-likeness (QED) is 0.674. The molecule has 3 N–H and O–H groups in total. The largest absolute Gasteiger partial charge is 0.350 e. The molecular weight excluding hydrogens is 258 g/mol. The highest BCUT2D eigenvalue weighted by Crippen LogP contribution is 2.16. The van der Waals surface area contributed by atoms with Crippen LogP contribution in [0.2, 0.25) is 0 Å². The Bertz CT molecular complexity index is 452. The Hall–Kier alpha value is -1.15. The SMILES string of the molecule is CC(C)(C)NC(=O)CN1CC(S(N)(=O)=O)CC1=O. The number of hydrogen-bond acceptors (Lipinski definition) is 4. The Morgan fingerprint density at radius 3 is 2.44 bits per heavy atom. The second-order valence-corrected chi connectivity index (χ2v) is 7.33. The van der Waals surface area contributed by atoms with Gasteiger partial charge in [0.25, 0.3) is 0 Å². The second kappa shape index (κ2) is 4.85. The number of carbonyl (C=O) groups is 2. The molecule has 8 heteroatoms. The van der Waals surface area contributed by atoms with Crippen LogP contribution in [0.5, 0.6) is 0 Å². The number of likely N-dealkylation sites (tertiary alicyclic amines) is 1.